The summed E-state index contributed by atoms with van der Waals surface area (Å²) >= 11 is 0. The van der Waals surface area contributed by atoms with Gasteiger partial charge in [0.15, 0.2) is 0 Å². The Morgan fingerprint density at radius 3 is 3.00 bits per heavy atom. The highest BCUT2D eigenvalue weighted by Crippen LogP contribution is 2.15. The van der Waals surface area contributed by atoms with Crippen LogP contribution in [-0.4, -0.2) is 23.2 Å². The number of nitrogens with two attached hydrogens (primary N) is 1. The summed E-state index contributed by atoms with van der Waals surface area (Å²) in [7, 11) is 0. The Morgan fingerprint density at radius 1 is 1.47 bits per heavy atom. The van der Waals surface area contributed by atoms with E-state index in [0.29, 0.717) is 25.9 Å². The zero-order valence-corrected chi connectivity index (χ0v) is 9.40. The van der Waals surface area contributed by atoms with Crippen LogP contribution in [0.4, 0.5) is 4.39 Å². The SMILES string of the molecule is NCCC1=NN(Cc2cccc(F)c2)C(=O)C1. The molecule has 90 valence electrons. The second-order valence-corrected chi connectivity index (χ2v) is 3.96. The molecule has 0 aliphatic carbocycles. The maximum Gasteiger partial charge on any atom is 0.248 e. The number of nitrogens with zero attached hydrogens (tertiary/aromatic N) is 2. The van der Waals surface area contributed by atoms with Crippen LogP contribution >= 0.6 is 0 Å². The standard InChI is InChI=1S/C12H14FN3O/c13-10-3-1-2-9(6-10)8-16-12(17)7-11(15-16)4-5-14/h1-3,6H,4-5,7-8,14H2. The van der Waals surface area contributed by atoms with Gasteiger partial charge in [-0.1, -0.05) is 12.1 Å². The van der Waals surface area contributed by atoms with Crippen LogP contribution in [0.5, 0.6) is 0 Å². The summed E-state index contributed by atoms with van der Waals surface area (Å²) in [4.78, 5) is 11.6. The van der Waals surface area contributed by atoms with Gasteiger partial charge < -0.3 is 5.73 Å². The smallest absolute Gasteiger partial charge is 0.248 e. The van der Waals surface area contributed by atoms with E-state index in [0.717, 1.165) is 11.3 Å². The third kappa shape index (κ3) is 2.88. The normalized spacial score (nSPS) is 15.3. The number of hydrogen-bond donors (Lipinski definition) is 1. The molecule has 0 saturated carbocycles. The summed E-state index contributed by atoms with van der Waals surface area (Å²) in [5, 5.41) is 5.56. The van der Waals surface area contributed by atoms with Crippen molar-refractivity contribution in [2.45, 2.75) is 19.4 Å². The van der Waals surface area contributed by atoms with Gasteiger partial charge in [-0.15, -0.1) is 0 Å². The molecule has 0 fully saturated rings. The van der Waals surface area contributed by atoms with Crippen LogP contribution in [0.15, 0.2) is 29.4 Å². The average molecular weight is 235 g/mol. The van der Waals surface area contributed by atoms with E-state index in [1.54, 1.807) is 12.1 Å². The number of benzene rings is 1. The van der Waals surface area contributed by atoms with Crippen LogP contribution in [0.2, 0.25) is 0 Å². The molecule has 0 atom stereocenters. The molecule has 1 heterocycles. The summed E-state index contributed by atoms with van der Waals surface area (Å²) in [5.41, 5.74) is 6.94. The van der Waals surface area contributed by atoms with Crippen molar-refractivity contribution in [3.8, 4) is 0 Å². The minimum atomic E-state index is -0.305. The Kier molecular flexibility index (Phi) is 3.49. The lowest BCUT2D eigenvalue weighted by Crippen LogP contribution is -2.20. The summed E-state index contributed by atoms with van der Waals surface area (Å²) in [6.45, 7) is 0.796. The van der Waals surface area contributed by atoms with Crippen molar-refractivity contribution in [3.63, 3.8) is 0 Å². The Balaban J connectivity index is 2.06. The van der Waals surface area contributed by atoms with E-state index in [1.807, 2.05) is 0 Å². The lowest BCUT2D eigenvalue weighted by atomic mass is 10.2. The zero-order valence-electron chi connectivity index (χ0n) is 9.40. The van der Waals surface area contributed by atoms with Crippen molar-refractivity contribution in [2.75, 3.05) is 6.54 Å². The summed E-state index contributed by atoms with van der Waals surface area (Å²) in [6, 6.07) is 6.17. The molecular formula is C12H14FN3O. The molecule has 0 unspecified atom stereocenters. The fourth-order valence-electron chi connectivity index (χ4n) is 1.76. The van der Waals surface area contributed by atoms with E-state index < -0.39 is 0 Å². The molecule has 0 saturated heterocycles. The van der Waals surface area contributed by atoms with Crippen molar-refractivity contribution in [1.29, 1.82) is 0 Å². The Hall–Kier alpha value is -1.75. The summed E-state index contributed by atoms with van der Waals surface area (Å²) in [5.74, 6) is -0.363. The first-order valence-corrected chi connectivity index (χ1v) is 5.50. The van der Waals surface area contributed by atoms with Crippen LogP contribution in [0.25, 0.3) is 0 Å². The molecule has 1 aliphatic rings. The number of amides is 1. The van der Waals surface area contributed by atoms with Crippen molar-refractivity contribution in [1.82, 2.24) is 5.01 Å². The summed E-state index contributed by atoms with van der Waals surface area (Å²) in [6.07, 6.45) is 0.956. The average Bonchev–Trinajstić information content (AvgIpc) is 2.60. The van der Waals surface area contributed by atoms with E-state index in [4.69, 9.17) is 5.73 Å². The molecule has 1 aliphatic heterocycles. The number of halogens is 1. The van der Waals surface area contributed by atoms with Crippen LogP contribution in [-0.2, 0) is 11.3 Å². The molecule has 0 bridgehead atoms. The number of carbonyl (C=O) groups excluding carboxylic acids is 1. The number of hydrogen-bond acceptors (Lipinski definition) is 3. The maximum absolute atomic E-state index is 13.0. The quantitative estimate of drug-likeness (QED) is 0.854. The monoisotopic (exact) mass is 235 g/mol. The Labute approximate surface area is 98.9 Å². The molecule has 1 aromatic carbocycles. The predicted molar refractivity (Wildman–Crippen MR) is 62.7 cm³/mol. The van der Waals surface area contributed by atoms with Crippen LogP contribution < -0.4 is 5.73 Å². The highest BCUT2D eigenvalue weighted by atomic mass is 19.1. The van der Waals surface area contributed by atoms with Gasteiger partial charge in [0.25, 0.3) is 0 Å². The second kappa shape index (κ2) is 5.05. The molecule has 4 nitrogen and oxygen atoms in total. The highest BCUT2D eigenvalue weighted by molar-refractivity contribution is 6.04. The number of hydrazone groups is 1. The molecule has 0 aromatic heterocycles. The van der Waals surface area contributed by atoms with Crippen molar-refractivity contribution in [3.05, 3.63) is 35.6 Å². The van der Waals surface area contributed by atoms with Crippen LogP contribution in [0.3, 0.4) is 0 Å². The topological polar surface area (TPSA) is 58.7 Å². The first-order valence-electron chi connectivity index (χ1n) is 5.50. The fraction of sp³-hybridized carbons (Fsp3) is 0.333. The van der Waals surface area contributed by atoms with Gasteiger partial charge >= 0.3 is 0 Å². The van der Waals surface area contributed by atoms with Gasteiger partial charge in [-0.3, -0.25) is 4.79 Å². The van der Waals surface area contributed by atoms with E-state index in [9.17, 15) is 9.18 Å². The van der Waals surface area contributed by atoms with Gasteiger partial charge in [0.1, 0.15) is 5.82 Å². The third-order valence-corrected chi connectivity index (χ3v) is 2.56. The fourth-order valence-corrected chi connectivity index (χ4v) is 1.76. The van der Waals surface area contributed by atoms with Crippen molar-refractivity contribution in [2.24, 2.45) is 10.8 Å². The van der Waals surface area contributed by atoms with Gasteiger partial charge in [0.05, 0.1) is 13.0 Å². The Bertz CT molecular complexity index is 459. The predicted octanol–water partition coefficient (Wildman–Crippen LogP) is 1.26. The number of rotatable bonds is 4. The first-order chi connectivity index (χ1) is 8.19. The lowest BCUT2D eigenvalue weighted by molar-refractivity contribution is -0.129. The Morgan fingerprint density at radius 2 is 2.29 bits per heavy atom. The van der Waals surface area contributed by atoms with Crippen LogP contribution in [0, 0.1) is 5.82 Å². The van der Waals surface area contributed by atoms with Crippen molar-refractivity contribution < 1.29 is 9.18 Å². The van der Waals surface area contributed by atoms with Crippen LogP contribution in [0.1, 0.15) is 18.4 Å². The first kappa shape index (κ1) is 11.7. The minimum absolute atomic E-state index is 0.0577. The van der Waals surface area contributed by atoms with E-state index in [2.05, 4.69) is 5.10 Å². The molecule has 2 N–H and O–H groups in total. The van der Waals surface area contributed by atoms with Crippen molar-refractivity contribution >= 4 is 11.6 Å². The highest BCUT2D eigenvalue weighted by Gasteiger charge is 2.23. The second-order valence-electron chi connectivity index (χ2n) is 3.96. The third-order valence-electron chi connectivity index (χ3n) is 2.56. The van der Waals surface area contributed by atoms with E-state index in [-0.39, 0.29) is 11.7 Å². The number of carbonyl (C=O) groups is 1. The van der Waals surface area contributed by atoms with Gasteiger partial charge in [-0.25, -0.2) is 9.40 Å². The zero-order chi connectivity index (χ0) is 12.3. The van der Waals surface area contributed by atoms with E-state index >= 15 is 0 Å². The largest absolute Gasteiger partial charge is 0.330 e. The molecule has 17 heavy (non-hydrogen) atoms. The molecular weight excluding hydrogens is 221 g/mol. The molecule has 0 spiro atoms. The van der Waals surface area contributed by atoms with Gasteiger partial charge in [-0.05, 0) is 24.2 Å². The molecule has 2 rings (SSSR count). The van der Waals surface area contributed by atoms with Gasteiger partial charge in [0.2, 0.25) is 5.91 Å². The van der Waals surface area contributed by atoms with E-state index in [1.165, 1.54) is 17.1 Å². The minimum Gasteiger partial charge on any atom is -0.330 e. The van der Waals surface area contributed by atoms with Gasteiger partial charge in [0, 0.05) is 12.1 Å². The molecule has 1 amide bonds. The molecule has 1 aromatic rings. The maximum atomic E-state index is 13.0. The van der Waals surface area contributed by atoms with Gasteiger partial charge in [-0.2, -0.15) is 5.10 Å². The lowest BCUT2D eigenvalue weighted by Gasteiger charge is -2.11. The molecule has 5 heteroatoms. The molecule has 0 radical (unpaired) electrons. The summed E-state index contributed by atoms with van der Waals surface area (Å²) < 4.78 is 13.0.